The van der Waals surface area contributed by atoms with E-state index in [1.54, 1.807) is 4.90 Å². The molecule has 7 heteroatoms. The molecule has 0 saturated heterocycles. The van der Waals surface area contributed by atoms with Crippen LogP contribution < -0.4 is 10.2 Å². The van der Waals surface area contributed by atoms with E-state index in [0.717, 1.165) is 29.8 Å². The number of halogens is 3. The van der Waals surface area contributed by atoms with Gasteiger partial charge in [0.15, 0.2) is 17.5 Å². The van der Waals surface area contributed by atoms with Crippen molar-refractivity contribution < 1.29 is 22.8 Å². The maximum Gasteiger partial charge on any atom is 0.230 e. The number of carbonyl (C=O) groups excluding carboxylic acids is 2. The Hall–Kier alpha value is -2.83. The SMILES string of the molecule is O=C(Nc1ccc(F)c(F)c1F)C1CC1C(=O)N1CCc2ccccc21. The van der Waals surface area contributed by atoms with Crippen LogP contribution in [0.3, 0.4) is 0 Å². The van der Waals surface area contributed by atoms with E-state index >= 15 is 0 Å². The van der Waals surface area contributed by atoms with Crippen molar-refractivity contribution in [3.8, 4) is 0 Å². The Kier molecular flexibility index (Phi) is 3.94. The lowest BCUT2D eigenvalue weighted by molar-refractivity contribution is -0.123. The number of hydrogen-bond acceptors (Lipinski definition) is 2. The van der Waals surface area contributed by atoms with Gasteiger partial charge in [0.05, 0.1) is 17.5 Å². The number of amides is 2. The van der Waals surface area contributed by atoms with Crippen molar-refractivity contribution in [3.05, 3.63) is 59.4 Å². The third-order valence-electron chi connectivity index (χ3n) is 4.89. The number of rotatable bonds is 3. The molecule has 2 atom stereocenters. The lowest BCUT2D eigenvalue weighted by Crippen LogP contribution is -2.32. The van der Waals surface area contributed by atoms with E-state index in [1.807, 2.05) is 24.3 Å². The fourth-order valence-electron chi connectivity index (χ4n) is 3.37. The van der Waals surface area contributed by atoms with E-state index in [-0.39, 0.29) is 5.91 Å². The summed E-state index contributed by atoms with van der Waals surface area (Å²) in [5, 5.41) is 2.24. The summed E-state index contributed by atoms with van der Waals surface area (Å²) in [4.78, 5) is 26.6. The van der Waals surface area contributed by atoms with Crippen molar-refractivity contribution in [1.82, 2.24) is 0 Å². The standard InChI is InChI=1S/C19H15F3N2O2/c20-13-5-6-14(17(22)16(13)21)23-18(25)11-9-12(11)19(26)24-8-7-10-3-1-2-4-15(10)24/h1-6,11-12H,7-9H2,(H,23,25). The van der Waals surface area contributed by atoms with Crippen molar-refractivity contribution in [2.45, 2.75) is 12.8 Å². The molecule has 0 radical (unpaired) electrons. The van der Waals surface area contributed by atoms with Crippen LogP contribution in [0.1, 0.15) is 12.0 Å². The van der Waals surface area contributed by atoms with E-state index in [9.17, 15) is 22.8 Å². The average molecular weight is 360 g/mol. The summed E-state index contributed by atoms with van der Waals surface area (Å²) in [7, 11) is 0. The van der Waals surface area contributed by atoms with Gasteiger partial charge in [-0.15, -0.1) is 0 Å². The van der Waals surface area contributed by atoms with Gasteiger partial charge >= 0.3 is 0 Å². The van der Waals surface area contributed by atoms with Gasteiger partial charge in [0, 0.05) is 12.2 Å². The molecule has 4 rings (SSSR count). The van der Waals surface area contributed by atoms with Crippen LogP contribution in [-0.2, 0) is 16.0 Å². The molecule has 0 aromatic heterocycles. The molecular formula is C19H15F3N2O2. The molecule has 1 heterocycles. The molecular weight excluding hydrogens is 345 g/mol. The number of hydrogen-bond donors (Lipinski definition) is 1. The quantitative estimate of drug-likeness (QED) is 0.854. The molecule has 2 aromatic rings. The molecule has 0 spiro atoms. The average Bonchev–Trinajstić information content (AvgIpc) is 3.34. The Labute approximate surface area is 147 Å². The lowest BCUT2D eigenvalue weighted by Gasteiger charge is -2.17. The first-order chi connectivity index (χ1) is 12.5. The van der Waals surface area contributed by atoms with Gasteiger partial charge in [-0.3, -0.25) is 9.59 Å². The molecule has 2 unspecified atom stereocenters. The van der Waals surface area contributed by atoms with Crippen LogP contribution in [0.25, 0.3) is 0 Å². The van der Waals surface area contributed by atoms with Gasteiger partial charge < -0.3 is 10.2 Å². The Balaban J connectivity index is 1.43. The fourth-order valence-corrected chi connectivity index (χ4v) is 3.37. The zero-order valence-corrected chi connectivity index (χ0v) is 13.6. The van der Waals surface area contributed by atoms with E-state index < -0.39 is 40.9 Å². The van der Waals surface area contributed by atoms with Crippen LogP contribution in [0.4, 0.5) is 24.5 Å². The molecule has 0 bridgehead atoms. The molecule has 26 heavy (non-hydrogen) atoms. The Morgan fingerprint density at radius 1 is 1.00 bits per heavy atom. The maximum atomic E-state index is 13.7. The third kappa shape index (κ3) is 2.73. The van der Waals surface area contributed by atoms with Crippen LogP contribution in [-0.4, -0.2) is 18.4 Å². The molecule has 2 amide bonds. The number of fused-ring (bicyclic) bond motifs is 1. The molecule has 2 aliphatic rings. The second-order valence-electron chi connectivity index (χ2n) is 6.53. The number of carbonyl (C=O) groups is 2. The molecule has 1 aliphatic carbocycles. The predicted molar refractivity (Wildman–Crippen MR) is 89.0 cm³/mol. The number of nitrogens with one attached hydrogen (secondary N) is 1. The molecule has 4 nitrogen and oxygen atoms in total. The fraction of sp³-hybridized carbons (Fsp3) is 0.263. The van der Waals surface area contributed by atoms with E-state index in [2.05, 4.69) is 5.32 Å². The molecule has 2 aromatic carbocycles. The van der Waals surface area contributed by atoms with Gasteiger partial charge in [0.2, 0.25) is 11.8 Å². The van der Waals surface area contributed by atoms with Crippen molar-refractivity contribution in [2.75, 3.05) is 16.8 Å². The third-order valence-corrected chi connectivity index (χ3v) is 4.89. The van der Waals surface area contributed by atoms with Gasteiger partial charge in [0.1, 0.15) is 0 Å². The summed E-state index contributed by atoms with van der Waals surface area (Å²) >= 11 is 0. The van der Waals surface area contributed by atoms with Crippen molar-refractivity contribution in [3.63, 3.8) is 0 Å². The Morgan fingerprint density at radius 2 is 1.77 bits per heavy atom. The molecule has 1 aliphatic heterocycles. The zero-order chi connectivity index (χ0) is 18.4. The minimum Gasteiger partial charge on any atom is -0.323 e. The molecule has 1 fully saturated rings. The maximum absolute atomic E-state index is 13.7. The normalized spacial score (nSPS) is 20.7. The second kappa shape index (κ2) is 6.16. The van der Waals surface area contributed by atoms with Gasteiger partial charge in [0.25, 0.3) is 0 Å². The highest BCUT2D eigenvalue weighted by atomic mass is 19.2. The number of para-hydroxylation sites is 1. The van der Waals surface area contributed by atoms with Crippen LogP contribution in [0.5, 0.6) is 0 Å². The zero-order valence-electron chi connectivity index (χ0n) is 13.6. The highest BCUT2D eigenvalue weighted by Gasteiger charge is 2.50. The minimum absolute atomic E-state index is 0.138. The van der Waals surface area contributed by atoms with E-state index in [1.165, 1.54) is 0 Å². The summed E-state index contributed by atoms with van der Waals surface area (Å²) in [6.07, 6.45) is 1.13. The van der Waals surface area contributed by atoms with E-state index in [4.69, 9.17) is 0 Å². The van der Waals surface area contributed by atoms with Crippen molar-refractivity contribution in [2.24, 2.45) is 11.8 Å². The van der Waals surface area contributed by atoms with E-state index in [0.29, 0.717) is 13.0 Å². The summed E-state index contributed by atoms with van der Waals surface area (Å²) in [5.41, 5.74) is 1.51. The molecule has 134 valence electrons. The summed E-state index contributed by atoms with van der Waals surface area (Å²) < 4.78 is 39.9. The monoisotopic (exact) mass is 360 g/mol. The molecule has 1 N–H and O–H groups in total. The van der Waals surface area contributed by atoms with Crippen LogP contribution >= 0.6 is 0 Å². The Morgan fingerprint density at radius 3 is 2.58 bits per heavy atom. The lowest BCUT2D eigenvalue weighted by atomic mass is 10.2. The molecule has 1 saturated carbocycles. The largest absolute Gasteiger partial charge is 0.323 e. The smallest absolute Gasteiger partial charge is 0.230 e. The van der Waals surface area contributed by atoms with Crippen molar-refractivity contribution in [1.29, 1.82) is 0 Å². The first-order valence-electron chi connectivity index (χ1n) is 8.31. The second-order valence-corrected chi connectivity index (χ2v) is 6.53. The minimum atomic E-state index is -1.64. The topological polar surface area (TPSA) is 49.4 Å². The number of benzene rings is 2. The number of anilines is 2. The highest BCUT2D eigenvalue weighted by Crippen LogP contribution is 2.43. The van der Waals surface area contributed by atoms with Gasteiger partial charge in [-0.05, 0) is 36.6 Å². The van der Waals surface area contributed by atoms with Crippen LogP contribution in [0.15, 0.2) is 36.4 Å². The van der Waals surface area contributed by atoms with Crippen LogP contribution in [0.2, 0.25) is 0 Å². The van der Waals surface area contributed by atoms with Gasteiger partial charge in [-0.2, -0.15) is 0 Å². The van der Waals surface area contributed by atoms with Crippen molar-refractivity contribution >= 4 is 23.2 Å². The number of nitrogens with zero attached hydrogens (tertiary/aromatic N) is 1. The van der Waals surface area contributed by atoms with Gasteiger partial charge in [-0.25, -0.2) is 13.2 Å². The summed E-state index contributed by atoms with van der Waals surface area (Å²) in [6, 6.07) is 9.30. The van der Waals surface area contributed by atoms with Gasteiger partial charge in [-0.1, -0.05) is 18.2 Å². The highest BCUT2D eigenvalue weighted by molar-refractivity contribution is 6.05. The first-order valence-corrected chi connectivity index (χ1v) is 8.31. The summed E-state index contributed by atoms with van der Waals surface area (Å²) in [6.45, 7) is 0.570. The first kappa shape index (κ1) is 16.6. The Bertz CT molecular complexity index is 916. The summed E-state index contributed by atoms with van der Waals surface area (Å²) in [5.74, 6) is -6.19. The van der Waals surface area contributed by atoms with Crippen LogP contribution in [0, 0.1) is 29.3 Å². The predicted octanol–water partition coefficient (Wildman–Crippen LogP) is 3.27.